The largest absolute Gasteiger partial charge is 0.455 e. The summed E-state index contributed by atoms with van der Waals surface area (Å²) in [5, 5.41) is 4.15. The Labute approximate surface area is 376 Å². The smallest absolute Gasteiger partial charge is 0.164 e. The van der Waals surface area contributed by atoms with Gasteiger partial charge in [-0.25, -0.2) is 15.0 Å². The maximum Gasteiger partial charge on any atom is 0.164 e. The highest BCUT2D eigenvalue weighted by Crippen LogP contribution is 2.42. The van der Waals surface area contributed by atoms with Crippen molar-refractivity contribution in [2.45, 2.75) is 0 Å². The van der Waals surface area contributed by atoms with E-state index in [1.807, 2.05) is 30.3 Å². The zero-order chi connectivity index (χ0) is 43.1. The van der Waals surface area contributed by atoms with Crippen molar-refractivity contribution < 1.29 is 4.42 Å². The molecule has 2 heterocycles. The quantitative estimate of drug-likeness (QED) is 0.153. The third-order valence-electron chi connectivity index (χ3n) is 12.4. The number of benzene rings is 10. The van der Waals surface area contributed by atoms with Gasteiger partial charge in [0, 0.05) is 33.0 Å². The molecule has 304 valence electrons. The van der Waals surface area contributed by atoms with E-state index in [2.05, 4.69) is 206 Å². The van der Waals surface area contributed by atoms with Crippen LogP contribution in [0.5, 0.6) is 0 Å². The molecule has 4 nitrogen and oxygen atoms in total. The van der Waals surface area contributed by atoms with E-state index in [1.165, 1.54) is 11.1 Å². The molecule has 4 heteroatoms. The standard InChI is InChI=1S/C61H39N3O/c1-4-14-40(15-5-1)43-28-30-45(31-29-43)48-21-10-22-50(38-48)51-23-12-25-53-57-54(26-13-27-56(57)65-58(51)53)61-63-59(47-35-32-44(33-36-47)41-16-6-2-7-17-41)62-60(64-61)52-24-11-20-46-34-37-49(39-55(46)52)42-18-8-3-9-19-42/h1-39H. The summed E-state index contributed by atoms with van der Waals surface area (Å²) in [6.07, 6.45) is 0. The van der Waals surface area contributed by atoms with E-state index in [0.29, 0.717) is 17.5 Å². The Morgan fingerprint density at radius 1 is 0.262 bits per heavy atom. The molecule has 0 N–H and O–H groups in total. The molecule has 0 unspecified atom stereocenters. The van der Waals surface area contributed by atoms with Crippen molar-refractivity contribution >= 4 is 32.7 Å². The van der Waals surface area contributed by atoms with Crippen LogP contribution in [0, 0.1) is 0 Å². The fraction of sp³-hybridized carbons (Fsp3) is 0. The first-order valence-electron chi connectivity index (χ1n) is 21.9. The number of furan rings is 1. The van der Waals surface area contributed by atoms with E-state index >= 15 is 0 Å². The van der Waals surface area contributed by atoms with Crippen molar-refractivity contribution in [2.24, 2.45) is 0 Å². The van der Waals surface area contributed by atoms with Crippen LogP contribution < -0.4 is 0 Å². The fourth-order valence-corrected chi connectivity index (χ4v) is 9.08. The molecule has 65 heavy (non-hydrogen) atoms. The van der Waals surface area contributed by atoms with Gasteiger partial charge in [-0.1, -0.05) is 218 Å². The van der Waals surface area contributed by atoms with E-state index in [9.17, 15) is 0 Å². The van der Waals surface area contributed by atoms with Crippen LogP contribution in [0.15, 0.2) is 241 Å². The van der Waals surface area contributed by atoms with Crippen LogP contribution in [0.25, 0.3) is 123 Å². The van der Waals surface area contributed by atoms with Crippen molar-refractivity contribution in [3.63, 3.8) is 0 Å². The lowest BCUT2D eigenvalue weighted by atomic mass is 9.96. The van der Waals surface area contributed by atoms with Gasteiger partial charge in [0.05, 0.1) is 0 Å². The number of hydrogen-bond acceptors (Lipinski definition) is 4. The van der Waals surface area contributed by atoms with Crippen molar-refractivity contribution in [2.75, 3.05) is 0 Å². The fourth-order valence-electron chi connectivity index (χ4n) is 9.08. The lowest BCUT2D eigenvalue weighted by molar-refractivity contribution is 0.670. The highest BCUT2D eigenvalue weighted by Gasteiger charge is 2.21. The zero-order valence-corrected chi connectivity index (χ0v) is 35.3. The normalized spacial score (nSPS) is 11.4. The predicted molar refractivity (Wildman–Crippen MR) is 268 cm³/mol. The Morgan fingerprint density at radius 3 is 1.38 bits per heavy atom. The zero-order valence-electron chi connectivity index (χ0n) is 35.3. The van der Waals surface area contributed by atoms with Crippen LogP contribution in [-0.2, 0) is 0 Å². The molecule has 12 aromatic rings. The Hall–Kier alpha value is -8.73. The van der Waals surface area contributed by atoms with Gasteiger partial charge in [-0.3, -0.25) is 0 Å². The second kappa shape index (κ2) is 16.2. The van der Waals surface area contributed by atoms with E-state index < -0.39 is 0 Å². The van der Waals surface area contributed by atoms with Crippen molar-refractivity contribution in [1.82, 2.24) is 15.0 Å². The van der Waals surface area contributed by atoms with E-state index in [0.717, 1.165) is 93.9 Å². The van der Waals surface area contributed by atoms with Gasteiger partial charge in [0.15, 0.2) is 17.5 Å². The molecule has 0 bridgehead atoms. The summed E-state index contributed by atoms with van der Waals surface area (Å²) in [6, 6.07) is 82.9. The molecule has 0 atom stereocenters. The molecule has 0 radical (unpaired) electrons. The molecule has 0 spiro atoms. The van der Waals surface area contributed by atoms with Crippen LogP contribution in [-0.4, -0.2) is 15.0 Å². The van der Waals surface area contributed by atoms with Crippen LogP contribution in [0.3, 0.4) is 0 Å². The summed E-state index contributed by atoms with van der Waals surface area (Å²) < 4.78 is 6.84. The van der Waals surface area contributed by atoms with E-state index in [1.54, 1.807) is 0 Å². The number of nitrogens with zero attached hydrogens (tertiary/aromatic N) is 3. The first-order chi connectivity index (χ1) is 32.2. The molecular formula is C61H39N3O. The Morgan fingerprint density at radius 2 is 0.708 bits per heavy atom. The molecule has 12 rings (SSSR count). The summed E-state index contributed by atoms with van der Waals surface area (Å²) in [7, 11) is 0. The van der Waals surface area contributed by atoms with Crippen LogP contribution in [0.1, 0.15) is 0 Å². The highest BCUT2D eigenvalue weighted by molar-refractivity contribution is 6.15. The maximum atomic E-state index is 6.84. The van der Waals surface area contributed by atoms with Crippen LogP contribution in [0.4, 0.5) is 0 Å². The Bertz CT molecular complexity index is 3670. The summed E-state index contributed by atoms with van der Waals surface area (Å²) in [5.41, 5.74) is 15.7. The first kappa shape index (κ1) is 38.0. The Balaban J connectivity index is 0.999. The molecule has 0 saturated heterocycles. The molecular weight excluding hydrogens is 791 g/mol. The summed E-state index contributed by atoms with van der Waals surface area (Å²) in [6.45, 7) is 0. The van der Waals surface area contributed by atoms with E-state index in [4.69, 9.17) is 19.4 Å². The molecule has 0 saturated carbocycles. The second-order valence-electron chi connectivity index (χ2n) is 16.3. The molecule has 0 fully saturated rings. The van der Waals surface area contributed by atoms with Crippen molar-refractivity contribution in [3.05, 3.63) is 237 Å². The van der Waals surface area contributed by atoms with Crippen molar-refractivity contribution in [1.29, 1.82) is 0 Å². The van der Waals surface area contributed by atoms with Crippen LogP contribution >= 0.6 is 0 Å². The lowest BCUT2D eigenvalue weighted by Gasteiger charge is -2.12. The van der Waals surface area contributed by atoms with Crippen molar-refractivity contribution in [3.8, 4) is 89.8 Å². The maximum absolute atomic E-state index is 6.84. The monoisotopic (exact) mass is 829 g/mol. The van der Waals surface area contributed by atoms with Gasteiger partial charge in [0.2, 0.25) is 0 Å². The summed E-state index contributed by atoms with van der Waals surface area (Å²) in [4.78, 5) is 15.9. The first-order valence-corrected chi connectivity index (χ1v) is 21.9. The minimum Gasteiger partial charge on any atom is -0.455 e. The van der Waals surface area contributed by atoms with Crippen LogP contribution in [0.2, 0.25) is 0 Å². The minimum atomic E-state index is 0.577. The average molecular weight is 830 g/mol. The number of para-hydroxylation sites is 1. The topological polar surface area (TPSA) is 51.8 Å². The minimum absolute atomic E-state index is 0.577. The second-order valence-corrected chi connectivity index (χ2v) is 16.3. The van der Waals surface area contributed by atoms with E-state index in [-0.39, 0.29) is 0 Å². The molecule has 2 aromatic heterocycles. The van der Waals surface area contributed by atoms with Gasteiger partial charge in [-0.15, -0.1) is 0 Å². The summed E-state index contributed by atoms with van der Waals surface area (Å²) in [5.74, 6) is 1.78. The van der Waals surface area contributed by atoms with Gasteiger partial charge >= 0.3 is 0 Å². The predicted octanol–water partition coefficient (Wildman–Crippen LogP) is 16.3. The lowest BCUT2D eigenvalue weighted by Crippen LogP contribution is -2.01. The number of rotatable bonds is 8. The third kappa shape index (κ3) is 7.13. The number of fused-ring (bicyclic) bond motifs is 4. The number of aromatic nitrogens is 3. The van der Waals surface area contributed by atoms with Gasteiger partial charge in [0.1, 0.15) is 11.2 Å². The number of hydrogen-bond donors (Lipinski definition) is 0. The van der Waals surface area contributed by atoms with Gasteiger partial charge in [0.25, 0.3) is 0 Å². The SMILES string of the molecule is c1ccc(-c2ccc(-c3cccc(-c4cccc5c4oc4cccc(-c6nc(-c7ccc(-c8ccccc8)cc7)nc(-c7cccc8ccc(-c9ccccc9)cc78)n6)c45)c3)cc2)cc1. The molecule has 0 amide bonds. The molecule has 10 aromatic carbocycles. The molecule has 0 aliphatic heterocycles. The molecule has 0 aliphatic rings. The van der Waals surface area contributed by atoms with Gasteiger partial charge < -0.3 is 4.42 Å². The third-order valence-corrected chi connectivity index (χ3v) is 12.4. The van der Waals surface area contributed by atoms with Gasteiger partial charge in [-0.2, -0.15) is 0 Å². The molecule has 0 aliphatic carbocycles. The average Bonchev–Trinajstić information content (AvgIpc) is 3.78. The highest BCUT2D eigenvalue weighted by atomic mass is 16.3. The van der Waals surface area contributed by atoms with Gasteiger partial charge in [-0.05, 0) is 79.0 Å². The summed E-state index contributed by atoms with van der Waals surface area (Å²) >= 11 is 0. The Kier molecular flexibility index (Phi) is 9.46.